The molecule has 0 aliphatic carbocycles. The van der Waals surface area contributed by atoms with Gasteiger partial charge in [0.05, 0.1) is 5.56 Å². The molecule has 0 saturated carbocycles. The zero-order chi connectivity index (χ0) is 18.6. The number of fused-ring (bicyclic) bond motifs is 1. The van der Waals surface area contributed by atoms with Gasteiger partial charge in [-0.3, -0.25) is 9.20 Å². The van der Waals surface area contributed by atoms with E-state index in [9.17, 15) is 4.79 Å². The number of carbonyl (C=O) groups is 1. The van der Waals surface area contributed by atoms with E-state index < -0.39 is 0 Å². The van der Waals surface area contributed by atoms with Crippen LogP contribution in [-0.4, -0.2) is 20.5 Å². The molecule has 27 heavy (non-hydrogen) atoms. The Morgan fingerprint density at radius 2 is 1.78 bits per heavy atom. The van der Waals surface area contributed by atoms with E-state index in [0.29, 0.717) is 23.5 Å². The average molecular weight is 358 g/mol. The van der Waals surface area contributed by atoms with Gasteiger partial charge in [-0.2, -0.15) is 0 Å². The first-order valence-corrected chi connectivity index (χ1v) is 8.58. The zero-order valence-electron chi connectivity index (χ0n) is 14.8. The predicted octanol–water partition coefficient (Wildman–Crippen LogP) is 3.87. The highest BCUT2D eigenvalue weighted by molar-refractivity contribution is 6.04. The average Bonchev–Trinajstić information content (AvgIpc) is 3.08. The van der Waals surface area contributed by atoms with Crippen molar-refractivity contribution in [2.45, 2.75) is 13.5 Å². The Balaban J connectivity index is 1.41. The highest BCUT2D eigenvalue weighted by atomic mass is 16.5. The minimum Gasteiger partial charge on any atom is -0.489 e. The van der Waals surface area contributed by atoms with Crippen LogP contribution >= 0.6 is 0 Å². The van der Waals surface area contributed by atoms with Crippen molar-refractivity contribution >= 4 is 17.2 Å². The lowest BCUT2D eigenvalue weighted by molar-refractivity contribution is 0.102. The fourth-order valence-corrected chi connectivity index (χ4v) is 2.72. The number of hydrogen-bond donors (Lipinski definition) is 1. The summed E-state index contributed by atoms with van der Waals surface area (Å²) in [4.78, 5) is 12.5. The van der Waals surface area contributed by atoms with Crippen LogP contribution in [0.15, 0.2) is 72.9 Å². The lowest BCUT2D eigenvalue weighted by atomic mass is 10.2. The summed E-state index contributed by atoms with van der Waals surface area (Å²) in [6.07, 6.45) is 1.73. The molecule has 2 aromatic carbocycles. The standard InChI is InChI=1S/C21H18N4O2/c1-15-23-24-20-12-7-17(13-25(15)20)21(26)22-18-8-10-19(11-9-18)27-14-16-5-3-2-4-6-16/h2-13H,14H2,1H3,(H,22,26). The largest absolute Gasteiger partial charge is 0.489 e. The molecule has 0 unspecified atom stereocenters. The van der Waals surface area contributed by atoms with E-state index in [4.69, 9.17) is 4.74 Å². The van der Waals surface area contributed by atoms with E-state index >= 15 is 0 Å². The molecule has 0 atom stereocenters. The molecule has 0 bridgehead atoms. The monoisotopic (exact) mass is 358 g/mol. The predicted molar refractivity (Wildman–Crippen MR) is 103 cm³/mol. The molecule has 0 aliphatic heterocycles. The fourth-order valence-electron chi connectivity index (χ4n) is 2.72. The molecular formula is C21H18N4O2. The first kappa shape index (κ1) is 16.8. The Labute approximate surface area is 156 Å². The summed E-state index contributed by atoms with van der Waals surface area (Å²) < 4.78 is 7.55. The van der Waals surface area contributed by atoms with Crippen LogP contribution in [0.2, 0.25) is 0 Å². The second-order valence-electron chi connectivity index (χ2n) is 6.15. The number of hydrogen-bond acceptors (Lipinski definition) is 4. The van der Waals surface area contributed by atoms with Gasteiger partial charge in [0, 0.05) is 11.9 Å². The van der Waals surface area contributed by atoms with E-state index in [1.807, 2.05) is 61.5 Å². The lowest BCUT2D eigenvalue weighted by Gasteiger charge is -2.09. The van der Waals surface area contributed by atoms with Gasteiger partial charge < -0.3 is 10.1 Å². The number of pyridine rings is 1. The van der Waals surface area contributed by atoms with Gasteiger partial charge in [-0.25, -0.2) is 0 Å². The van der Waals surface area contributed by atoms with E-state index in [-0.39, 0.29) is 5.91 Å². The fraction of sp³-hybridized carbons (Fsp3) is 0.0952. The van der Waals surface area contributed by atoms with Crippen LogP contribution in [0.4, 0.5) is 5.69 Å². The van der Waals surface area contributed by atoms with Crippen molar-refractivity contribution < 1.29 is 9.53 Å². The number of aromatic nitrogens is 3. The third-order valence-electron chi connectivity index (χ3n) is 4.20. The lowest BCUT2D eigenvalue weighted by Crippen LogP contribution is -2.12. The maximum absolute atomic E-state index is 12.5. The summed E-state index contributed by atoms with van der Waals surface area (Å²) >= 11 is 0. The van der Waals surface area contributed by atoms with Crippen LogP contribution in [0.1, 0.15) is 21.7 Å². The molecule has 0 aliphatic rings. The normalized spacial score (nSPS) is 10.7. The number of nitrogens with one attached hydrogen (secondary N) is 1. The minimum atomic E-state index is -0.192. The van der Waals surface area contributed by atoms with Crippen LogP contribution in [0.5, 0.6) is 5.75 Å². The molecule has 1 N–H and O–H groups in total. The topological polar surface area (TPSA) is 68.5 Å². The number of carbonyl (C=O) groups excluding carboxylic acids is 1. The third-order valence-corrected chi connectivity index (χ3v) is 4.20. The summed E-state index contributed by atoms with van der Waals surface area (Å²) in [6.45, 7) is 2.35. The number of aryl methyl sites for hydroxylation is 1. The molecule has 0 fully saturated rings. The van der Waals surface area contributed by atoms with E-state index in [1.54, 1.807) is 22.7 Å². The molecule has 0 radical (unpaired) electrons. The van der Waals surface area contributed by atoms with Crippen LogP contribution in [0.3, 0.4) is 0 Å². The quantitative estimate of drug-likeness (QED) is 0.588. The number of ether oxygens (including phenoxy) is 1. The van der Waals surface area contributed by atoms with Crippen molar-refractivity contribution in [3.8, 4) is 5.75 Å². The SMILES string of the molecule is Cc1nnc2ccc(C(=O)Nc3ccc(OCc4ccccc4)cc3)cn12. The van der Waals surface area contributed by atoms with Crippen LogP contribution in [-0.2, 0) is 6.61 Å². The number of amides is 1. The molecule has 1 amide bonds. The van der Waals surface area contributed by atoms with Gasteiger partial charge in [0.1, 0.15) is 18.2 Å². The molecule has 4 aromatic rings. The summed E-state index contributed by atoms with van der Waals surface area (Å²) in [5, 5.41) is 10.9. The van der Waals surface area contributed by atoms with Crippen LogP contribution in [0, 0.1) is 6.92 Å². The summed E-state index contributed by atoms with van der Waals surface area (Å²) in [5.41, 5.74) is 3.06. The van der Waals surface area contributed by atoms with Crippen LogP contribution < -0.4 is 10.1 Å². The molecule has 134 valence electrons. The second kappa shape index (κ2) is 7.29. The Morgan fingerprint density at radius 1 is 1.00 bits per heavy atom. The molecule has 6 nitrogen and oxygen atoms in total. The minimum absolute atomic E-state index is 0.192. The Morgan fingerprint density at radius 3 is 2.56 bits per heavy atom. The number of benzene rings is 2. The van der Waals surface area contributed by atoms with E-state index in [2.05, 4.69) is 15.5 Å². The van der Waals surface area contributed by atoms with Crippen molar-refractivity contribution in [1.82, 2.24) is 14.6 Å². The number of nitrogens with zero attached hydrogens (tertiary/aromatic N) is 3. The van der Waals surface area contributed by atoms with E-state index in [0.717, 1.165) is 17.1 Å². The van der Waals surface area contributed by atoms with Crippen molar-refractivity contribution in [1.29, 1.82) is 0 Å². The van der Waals surface area contributed by atoms with Gasteiger partial charge in [0.2, 0.25) is 0 Å². The summed E-state index contributed by atoms with van der Waals surface area (Å²) in [6, 6.07) is 20.8. The van der Waals surface area contributed by atoms with Crippen molar-refractivity contribution in [2.24, 2.45) is 0 Å². The van der Waals surface area contributed by atoms with Gasteiger partial charge in [-0.15, -0.1) is 10.2 Å². The van der Waals surface area contributed by atoms with Crippen molar-refractivity contribution in [3.63, 3.8) is 0 Å². The number of rotatable bonds is 5. The zero-order valence-corrected chi connectivity index (χ0v) is 14.8. The van der Waals surface area contributed by atoms with Crippen molar-refractivity contribution in [2.75, 3.05) is 5.32 Å². The number of anilines is 1. The first-order chi connectivity index (χ1) is 13.2. The highest BCUT2D eigenvalue weighted by Gasteiger charge is 2.09. The van der Waals surface area contributed by atoms with Gasteiger partial charge in [-0.05, 0) is 48.9 Å². The third kappa shape index (κ3) is 3.79. The second-order valence-corrected chi connectivity index (χ2v) is 6.15. The highest BCUT2D eigenvalue weighted by Crippen LogP contribution is 2.18. The summed E-state index contributed by atoms with van der Waals surface area (Å²) in [5.74, 6) is 1.29. The smallest absolute Gasteiger partial charge is 0.257 e. The molecule has 4 rings (SSSR count). The molecule has 0 saturated heterocycles. The Bertz CT molecular complexity index is 1070. The Hall–Kier alpha value is -3.67. The first-order valence-electron chi connectivity index (χ1n) is 8.58. The maximum Gasteiger partial charge on any atom is 0.257 e. The maximum atomic E-state index is 12.5. The molecule has 6 heteroatoms. The Kier molecular flexibility index (Phi) is 4.53. The van der Waals surface area contributed by atoms with Crippen LogP contribution in [0.25, 0.3) is 5.65 Å². The molecule has 2 heterocycles. The van der Waals surface area contributed by atoms with Gasteiger partial charge in [-0.1, -0.05) is 30.3 Å². The molecule has 2 aromatic heterocycles. The molecule has 0 spiro atoms. The van der Waals surface area contributed by atoms with Gasteiger partial charge in [0.15, 0.2) is 5.65 Å². The van der Waals surface area contributed by atoms with E-state index in [1.165, 1.54) is 0 Å². The van der Waals surface area contributed by atoms with Gasteiger partial charge >= 0.3 is 0 Å². The van der Waals surface area contributed by atoms with Gasteiger partial charge in [0.25, 0.3) is 5.91 Å². The molecular weight excluding hydrogens is 340 g/mol. The summed E-state index contributed by atoms with van der Waals surface area (Å²) in [7, 11) is 0. The van der Waals surface area contributed by atoms with Crippen molar-refractivity contribution in [3.05, 3.63) is 89.9 Å².